The summed E-state index contributed by atoms with van der Waals surface area (Å²) in [7, 11) is 0. The van der Waals surface area contributed by atoms with Crippen LogP contribution in [0.25, 0.3) is 6.08 Å². The smallest absolute Gasteiger partial charge is 0.267 e. The minimum absolute atomic E-state index is 0.278. The van der Waals surface area contributed by atoms with Crippen molar-refractivity contribution in [1.82, 2.24) is 5.48 Å². The molecule has 3 aromatic rings. The zero-order chi connectivity index (χ0) is 21.3. The number of hydrogen-bond donors (Lipinski definition) is 3. The highest BCUT2D eigenvalue weighted by Crippen LogP contribution is 2.20. The van der Waals surface area contributed by atoms with E-state index in [0.717, 1.165) is 11.1 Å². The van der Waals surface area contributed by atoms with Crippen molar-refractivity contribution in [2.45, 2.75) is 6.61 Å². The molecular weight excluding hydrogens is 404 g/mol. The molecule has 0 saturated carbocycles. The Morgan fingerprint density at radius 3 is 2.33 bits per heavy atom. The van der Waals surface area contributed by atoms with Gasteiger partial charge in [0.2, 0.25) is 0 Å². The standard InChI is InChI=1S/C23H19ClN2O4/c24-21-4-2-1-3-20(21)23(28)25-18-10-12-19(13-11-18)30-15-17-7-5-16(6-8-17)9-14-22(27)26-29/h1-14,29H,15H2,(H,25,28)(H,26,27)/b14-9+. The number of nitrogens with one attached hydrogen (secondary N) is 2. The number of hydrogen-bond acceptors (Lipinski definition) is 4. The molecule has 0 fully saturated rings. The average Bonchev–Trinajstić information content (AvgIpc) is 2.78. The lowest BCUT2D eigenvalue weighted by Gasteiger charge is -2.09. The third-order valence-corrected chi connectivity index (χ3v) is 4.48. The Morgan fingerprint density at radius 1 is 0.967 bits per heavy atom. The molecular formula is C23H19ClN2O4. The van der Waals surface area contributed by atoms with Crippen LogP contribution in [0.2, 0.25) is 5.02 Å². The summed E-state index contributed by atoms with van der Waals surface area (Å²) in [6.07, 6.45) is 2.82. The molecule has 3 aromatic carbocycles. The summed E-state index contributed by atoms with van der Waals surface area (Å²) in [5.41, 5.74) is 4.36. The summed E-state index contributed by atoms with van der Waals surface area (Å²) in [6.45, 7) is 0.368. The van der Waals surface area contributed by atoms with Crippen molar-refractivity contribution in [1.29, 1.82) is 0 Å². The number of benzene rings is 3. The normalized spacial score (nSPS) is 10.6. The molecule has 0 saturated heterocycles. The van der Waals surface area contributed by atoms with Crippen LogP contribution < -0.4 is 15.5 Å². The molecule has 0 spiro atoms. The average molecular weight is 423 g/mol. The maximum atomic E-state index is 12.3. The SMILES string of the molecule is O=C(/C=C/c1ccc(COc2ccc(NC(=O)c3ccccc3Cl)cc2)cc1)NO. The third-order valence-electron chi connectivity index (χ3n) is 4.15. The topological polar surface area (TPSA) is 87.7 Å². The van der Waals surface area contributed by atoms with E-state index in [0.29, 0.717) is 28.6 Å². The Labute approximate surface area is 178 Å². The third kappa shape index (κ3) is 5.94. The Kier molecular flexibility index (Phi) is 7.21. The fourth-order valence-corrected chi connectivity index (χ4v) is 2.80. The maximum absolute atomic E-state index is 12.3. The first-order valence-corrected chi connectivity index (χ1v) is 9.43. The van der Waals surface area contributed by atoms with Gasteiger partial charge in [0.15, 0.2) is 0 Å². The van der Waals surface area contributed by atoms with Crippen molar-refractivity contribution >= 4 is 35.2 Å². The number of halogens is 1. The van der Waals surface area contributed by atoms with Gasteiger partial charge in [0.25, 0.3) is 11.8 Å². The van der Waals surface area contributed by atoms with Crippen LogP contribution in [0.4, 0.5) is 5.69 Å². The molecule has 0 bridgehead atoms. The molecule has 0 atom stereocenters. The molecule has 30 heavy (non-hydrogen) atoms. The summed E-state index contributed by atoms with van der Waals surface area (Å²) >= 11 is 6.05. The summed E-state index contributed by atoms with van der Waals surface area (Å²) in [5, 5.41) is 11.7. The number of amides is 2. The van der Waals surface area contributed by atoms with E-state index in [4.69, 9.17) is 21.5 Å². The Hall–Kier alpha value is -3.61. The Bertz CT molecular complexity index is 1050. The van der Waals surface area contributed by atoms with Gasteiger partial charge < -0.3 is 10.1 Å². The first kappa shape index (κ1) is 21.1. The molecule has 6 nitrogen and oxygen atoms in total. The maximum Gasteiger partial charge on any atom is 0.267 e. The van der Waals surface area contributed by atoms with Crippen molar-refractivity contribution in [2.75, 3.05) is 5.32 Å². The van der Waals surface area contributed by atoms with E-state index in [1.54, 1.807) is 54.6 Å². The molecule has 2 amide bonds. The second kappa shape index (κ2) is 10.2. The highest BCUT2D eigenvalue weighted by atomic mass is 35.5. The summed E-state index contributed by atoms with van der Waals surface area (Å²) in [6, 6.07) is 21.4. The second-order valence-electron chi connectivity index (χ2n) is 6.30. The highest BCUT2D eigenvalue weighted by Gasteiger charge is 2.09. The van der Waals surface area contributed by atoms with Crippen LogP contribution in [0.1, 0.15) is 21.5 Å². The molecule has 3 rings (SSSR count). The van der Waals surface area contributed by atoms with Crippen LogP contribution in [0.3, 0.4) is 0 Å². The van der Waals surface area contributed by atoms with Crippen LogP contribution in [0.5, 0.6) is 5.75 Å². The van der Waals surface area contributed by atoms with Gasteiger partial charge in [0, 0.05) is 11.8 Å². The van der Waals surface area contributed by atoms with Crippen LogP contribution in [-0.2, 0) is 11.4 Å². The zero-order valence-corrected chi connectivity index (χ0v) is 16.6. The molecule has 152 valence electrons. The first-order valence-electron chi connectivity index (χ1n) is 9.05. The van der Waals surface area contributed by atoms with Gasteiger partial charge in [-0.2, -0.15) is 0 Å². The van der Waals surface area contributed by atoms with E-state index in [9.17, 15) is 9.59 Å². The number of rotatable bonds is 7. The van der Waals surface area contributed by atoms with Gasteiger partial charge in [0.05, 0.1) is 10.6 Å². The van der Waals surface area contributed by atoms with Crippen molar-refractivity contribution in [2.24, 2.45) is 0 Å². The molecule has 0 aliphatic rings. The van der Waals surface area contributed by atoms with Crippen LogP contribution in [0, 0.1) is 0 Å². The fourth-order valence-electron chi connectivity index (χ4n) is 2.58. The van der Waals surface area contributed by atoms with Crippen molar-refractivity contribution < 1.29 is 19.5 Å². The van der Waals surface area contributed by atoms with Crippen molar-refractivity contribution in [3.8, 4) is 5.75 Å². The lowest BCUT2D eigenvalue weighted by molar-refractivity contribution is -0.124. The van der Waals surface area contributed by atoms with E-state index >= 15 is 0 Å². The van der Waals surface area contributed by atoms with Gasteiger partial charge in [-0.25, -0.2) is 5.48 Å². The molecule has 0 aliphatic heterocycles. The predicted octanol–water partition coefficient (Wildman–Crippen LogP) is 4.69. The molecule has 0 heterocycles. The van der Waals surface area contributed by atoms with Gasteiger partial charge in [0.1, 0.15) is 12.4 Å². The number of ether oxygens (including phenoxy) is 1. The van der Waals surface area contributed by atoms with Crippen LogP contribution >= 0.6 is 11.6 Å². The van der Waals surface area contributed by atoms with Gasteiger partial charge in [-0.15, -0.1) is 0 Å². The fraction of sp³-hybridized carbons (Fsp3) is 0.0435. The minimum atomic E-state index is -0.589. The summed E-state index contributed by atoms with van der Waals surface area (Å²) in [4.78, 5) is 23.3. The van der Waals surface area contributed by atoms with Crippen LogP contribution in [-0.4, -0.2) is 17.0 Å². The number of carbonyl (C=O) groups is 2. The summed E-state index contributed by atoms with van der Waals surface area (Å²) < 4.78 is 5.76. The van der Waals surface area contributed by atoms with E-state index in [2.05, 4.69) is 5.32 Å². The van der Waals surface area contributed by atoms with E-state index < -0.39 is 5.91 Å². The van der Waals surface area contributed by atoms with E-state index in [-0.39, 0.29) is 5.91 Å². The van der Waals surface area contributed by atoms with Gasteiger partial charge >= 0.3 is 0 Å². The number of carbonyl (C=O) groups excluding carboxylic acids is 2. The minimum Gasteiger partial charge on any atom is -0.489 e. The lowest BCUT2D eigenvalue weighted by Crippen LogP contribution is -2.14. The van der Waals surface area contributed by atoms with Crippen LogP contribution in [0.15, 0.2) is 78.9 Å². The molecule has 0 unspecified atom stereocenters. The Balaban J connectivity index is 1.53. The summed E-state index contributed by atoms with van der Waals surface area (Å²) in [5.74, 6) is -0.205. The van der Waals surface area contributed by atoms with Crippen molar-refractivity contribution in [3.63, 3.8) is 0 Å². The first-order chi connectivity index (χ1) is 14.5. The Morgan fingerprint density at radius 2 is 1.67 bits per heavy atom. The van der Waals surface area contributed by atoms with Crippen molar-refractivity contribution in [3.05, 3.63) is 101 Å². The highest BCUT2D eigenvalue weighted by molar-refractivity contribution is 6.34. The number of hydroxylamine groups is 1. The second-order valence-corrected chi connectivity index (χ2v) is 6.71. The largest absolute Gasteiger partial charge is 0.489 e. The quantitative estimate of drug-likeness (QED) is 0.293. The molecule has 0 radical (unpaired) electrons. The molecule has 0 aliphatic carbocycles. The predicted molar refractivity (Wildman–Crippen MR) is 116 cm³/mol. The van der Waals surface area contributed by atoms with E-state index in [1.807, 2.05) is 24.3 Å². The monoisotopic (exact) mass is 422 g/mol. The van der Waals surface area contributed by atoms with E-state index in [1.165, 1.54) is 11.6 Å². The molecule has 3 N–H and O–H groups in total. The number of anilines is 1. The molecule has 7 heteroatoms. The molecule has 0 aromatic heterocycles. The van der Waals surface area contributed by atoms with Gasteiger partial charge in [-0.3, -0.25) is 14.8 Å². The zero-order valence-electron chi connectivity index (χ0n) is 15.8. The van der Waals surface area contributed by atoms with Gasteiger partial charge in [-0.05, 0) is 53.6 Å². The lowest BCUT2D eigenvalue weighted by atomic mass is 10.1. The van der Waals surface area contributed by atoms with Gasteiger partial charge in [-0.1, -0.05) is 48.0 Å².